The number of fused-ring (bicyclic) bond motifs is 5. The molecule has 3 unspecified atom stereocenters. The van der Waals surface area contributed by atoms with Crippen LogP contribution in [0.25, 0.3) is 0 Å². The van der Waals surface area contributed by atoms with E-state index in [2.05, 4.69) is 90.7 Å². The van der Waals surface area contributed by atoms with Crippen molar-refractivity contribution in [2.75, 3.05) is 59.3 Å². The lowest BCUT2D eigenvalue weighted by Gasteiger charge is -2.58. The van der Waals surface area contributed by atoms with E-state index in [-0.39, 0.29) is 18.3 Å². The molecule has 5 aliphatic rings. The van der Waals surface area contributed by atoms with Crippen LogP contribution in [0, 0.1) is 46.3 Å². The second kappa shape index (κ2) is 29.1. The van der Waals surface area contributed by atoms with Gasteiger partial charge in [-0.05, 0) is 150 Å². The maximum absolute atomic E-state index is 6.53. The van der Waals surface area contributed by atoms with Crippen LogP contribution in [-0.4, -0.2) is 88.6 Å². The van der Waals surface area contributed by atoms with Crippen LogP contribution in [0.15, 0.2) is 36.0 Å². The number of hydrogen-bond acceptors (Lipinski definition) is 6. The lowest BCUT2D eigenvalue weighted by Crippen LogP contribution is -2.51. The van der Waals surface area contributed by atoms with Crippen LogP contribution in [0.1, 0.15) is 203 Å². The van der Waals surface area contributed by atoms with Crippen LogP contribution in [0.4, 0.5) is 0 Å². The van der Waals surface area contributed by atoms with Gasteiger partial charge in [-0.15, -0.1) is 0 Å². The molecule has 3 saturated carbocycles. The van der Waals surface area contributed by atoms with Gasteiger partial charge in [0.05, 0.1) is 57.5 Å². The molecule has 0 bridgehead atoms. The summed E-state index contributed by atoms with van der Waals surface area (Å²) in [5.74, 6) is 5.33. The fraction of sp³-hybridized carbons (Fsp3) is 0.897. The Morgan fingerprint density at radius 3 is 2.20 bits per heavy atom. The first kappa shape index (κ1) is 53.9. The highest BCUT2D eigenvalue weighted by Crippen LogP contribution is 2.67. The summed E-state index contributed by atoms with van der Waals surface area (Å²) < 4.78 is 31.3. The molecule has 6 heteroatoms. The zero-order valence-electron chi connectivity index (χ0n) is 43.3. The monoisotopic (exact) mass is 894 g/mol. The van der Waals surface area contributed by atoms with Crippen molar-refractivity contribution in [1.29, 1.82) is 0 Å². The van der Waals surface area contributed by atoms with Crippen molar-refractivity contribution in [2.24, 2.45) is 46.3 Å². The Balaban J connectivity index is 0.934. The van der Waals surface area contributed by atoms with Gasteiger partial charge in [0.1, 0.15) is 0 Å². The van der Waals surface area contributed by atoms with Crippen LogP contribution >= 0.6 is 0 Å². The molecule has 0 aromatic rings. The Labute approximate surface area is 396 Å². The predicted octanol–water partition coefficient (Wildman–Crippen LogP) is 14.8. The van der Waals surface area contributed by atoms with E-state index in [0.29, 0.717) is 50.0 Å². The number of ether oxygens (including phenoxy) is 5. The van der Waals surface area contributed by atoms with Crippen molar-refractivity contribution in [3.8, 4) is 0 Å². The molecule has 4 aliphatic carbocycles. The summed E-state index contributed by atoms with van der Waals surface area (Å²) in [4.78, 5) is 2.49. The molecule has 370 valence electrons. The Morgan fingerprint density at radius 2 is 1.45 bits per heavy atom. The first-order valence-corrected chi connectivity index (χ1v) is 27.8. The van der Waals surface area contributed by atoms with Crippen LogP contribution in [0.3, 0.4) is 0 Å². The van der Waals surface area contributed by atoms with Crippen molar-refractivity contribution in [1.82, 2.24) is 4.90 Å². The maximum Gasteiger partial charge on any atom is 0.0936 e. The highest BCUT2D eigenvalue weighted by Gasteiger charge is 2.59. The van der Waals surface area contributed by atoms with E-state index in [0.717, 1.165) is 81.0 Å². The summed E-state index contributed by atoms with van der Waals surface area (Å²) >= 11 is 0. The number of allylic oxidation sites excluding steroid dienone is 5. The summed E-state index contributed by atoms with van der Waals surface area (Å²) in [7, 11) is 0. The quantitative estimate of drug-likeness (QED) is 0.0495. The number of hydrogen-bond donors (Lipinski definition) is 0. The Bertz CT molecular complexity index is 1340. The molecule has 64 heavy (non-hydrogen) atoms. The summed E-state index contributed by atoms with van der Waals surface area (Å²) in [5, 5.41) is 0. The van der Waals surface area contributed by atoms with Crippen molar-refractivity contribution in [2.45, 2.75) is 227 Å². The lowest BCUT2D eigenvalue weighted by molar-refractivity contribution is -0.0981. The number of unbranched alkanes of at least 4 members (excludes halogenated alkanes) is 9. The zero-order valence-corrected chi connectivity index (χ0v) is 43.3. The Hall–Kier alpha value is -1.02. The topological polar surface area (TPSA) is 49.4 Å². The van der Waals surface area contributed by atoms with Gasteiger partial charge in [0, 0.05) is 26.2 Å². The number of rotatable bonds is 32. The third-order valence-corrected chi connectivity index (χ3v) is 17.2. The van der Waals surface area contributed by atoms with Crippen LogP contribution < -0.4 is 0 Å². The highest BCUT2D eigenvalue weighted by atomic mass is 16.6. The van der Waals surface area contributed by atoms with Gasteiger partial charge < -0.3 is 23.7 Å². The molecule has 6 nitrogen and oxygen atoms in total. The molecular weight excluding hydrogens is 791 g/mol. The number of nitrogens with zero attached hydrogens (tertiary/aromatic N) is 1. The zero-order chi connectivity index (χ0) is 45.6. The van der Waals surface area contributed by atoms with Crippen molar-refractivity contribution < 1.29 is 23.7 Å². The highest BCUT2D eigenvalue weighted by molar-refractivity contribution is 5.25. The van der Waals surface area contributed by atoms with Gasteiger partial charge in [-0.1, -0.05) is 135 Å². The molecule has 0 aromatic carbocycles. The Morgan fingerprint density at radius 1 is 0.734 bits per heavy atom. The molecule has 0 amide bonds. The molecule has 11 atom stereocenters. The first-order chi connectivity index (χ1) is 31.0. The normalized spacial score (nSPS) is 32.0. The lowest BCUT2D eigenvalue weighted by atomic mass is 9.47. The third kappa shape index (κ3) is 17.2. The van der Waals surface area contributed by atoms with Crippen molar-refractivity contribution in [3.05, 3.63) is 36.0 Å². The van der Waals surface area contributed by atoms with Crippen molar-refractivity contribution >= 4 is 0 Å². The van der Waals surface area contributed by atoms with E-state index in [9.17, 15) is 0 Å². The minimum absolute atomic E-state index is 0.0398. The maximum atomic E-state index is 6.53. The average molecular weight is 894 g/mol. The molecule has 1 saturated heterocycles. The van der Waals surface area contributed by atoms with Gasteiger partial charge >= 0.3 is 0 Å². The van der Waals surface area contributed by atoms with Gasteiger partial charge in [-0.3, -0.25) is 4.90 Å². The molecule has 0 spiro atoms. The molecular formula is C58H103NO5. The first-order valence-electron chi connectivity index (χ1n) is 27.8. The molecule has 4 fully saturated rings. The van der Waals surface area contributed by atoms with Gasteiger partial charge in [-0.2, -0.15) is 0 Å². The minimum atomic E-state index is 0.0398. The standard InChI is InChI=1S/C58H103NO5/c1-9-10-11-12-13-14-15-16-17-18-19-20-21-22-23-24-36-61-45-52(44-59-42-48(5)64-49(6)43-59)63-40-38-60-37-39-62-51-32-34-57(7)50(41-51)28-29-53-55-31-30-54(47(4)27-25-26-46(2)3)58(55,8)35-33-56(53)57/h13-14,16-17,28,46-49,51-56H,9-12,15,18-27,29-45H2,1-8H3/t47-,48-,49+,51+,52?,53?,54-,55+,56-,57?,58-/m1/s1. The molecule has 0 N–H and O–H groups in total. The number of morpholine rings is 1. The minimum Gasteiger partial charge on any atom is -0.379 e. The van der Waals surface area contributed by atoms with Gasteiger partial charge in [0.25, 0.3) is 0 Å². The molecule has 0 radical (unpaired) electrons. The molecule has 5 rings (SSSR count). The summed E-state index contributed by atoms with van der Waals surface area (Å²) in [6.45, 7) is 26.1. The SMILES string of the molecule is CCCCCC=CCC=CCCCCCCCCOCC(CN1C[C@@H](C)O[C@@H](C)C1)OCCOCCO[C@H]1CCC2(C)C(=CCC3[C@H]2CC[C@]2(C)[C@@H]([C@H](C)CCCC(C)C)CC[C@@H]32)C1. The predicted molar refractivity (Wildman–Crippen MR) is 270 cm³/mol. The second-order valence-corrected chi connectivity index (χ2v) is 22.8. The van der Waals surface area contributed by atoms with E-state index in [1.807, 2.05) is 0 Å². The smallest absolute Gasteiger partial charge is 0.0936 e. The van der Waals surface area contributed by atoms with Crippen LogP contribution in [0.2, 0.25) is 0 Å². The van der Waals surface area contributed by atoms with Crippen molar-refractivity contribution in [3.63, 3.8) is 0 Å². The Kier molecular flexibility index (Phi) is 24.5. The van der Waals surface area contributed by atoms with Gasteiger partial charge in [0.2, 0.25) is 0 Å². The third-order valence-electron chi connectivity index (χ3n) is 17.2. The summed E-state index contributed by atoms with van der Waals surface area (Å²) in [5.41, 5.74) is 2.66. The van der Waals surface area contributed by atoms with E-state index in [4.69, 9.17) is 23.7 Å². The molecule has 0 aromatic heterocycles. The van der Waals surface area contributed by atoms with Gasteiger partial charge in [0.15, 0.2) is 0 Å². The fourth-order valence-corrected chi connectivity index (χ4v) is 13.7. The van der Waals surface area contributed by atoms with E-state index < -0.39 is 0 Å². The molecule has 1 heterocycles. The van der Waals surface area contributed by atoms with Crippen LogP contribution in [-0.2, 0) is 23.7 Å². The second-order valence-electron chi connectivity index (χ2n) is 22.8. The van der Waals surface area contributed by atoms with Gasteiger partial charge in [-0.25, -0.2) is 0 Å². The van der Waals surface area contributed by atoms with E-state index >= 15 is 0 Å². The van der Waals surface area contributed by atoms with E-state index in [1.54, 1.807) is 5.57 Å². The summed E-state index contributed by atoms with van der Waals surface area (Å²) in [6.07, 6.45) is 43.1. The fourth-order valence-electron chi connectivity index (χ4n) is 13.7. The van der Waals surface area contributed by atoms with E-state index in [1.165, 1.54) is 128 Å². The molecule has 1 aliphatic heterocycles. The summed E-state index contributed by atoms with van der Waals surface area (Å²) in [6, 6.07) is 0. The average Bonchev–Trinajstić information content (AvgIpc) is 3.62. The largest absolute Gasteiger partial charge is 0.379 e. The van der Waals surface area contributed by atoms with Crippen LogP contribution in [0.5, 0.6) is 0 Å².